The number of hydrogen-bond donors (Lipinski definition) is 2. The molecule has 20 heavy (non-hydrogen) atoms. The van der Waals surface area contributed by atoms with Gasteiger partial charge in [-0.05, 0) is 19.8 Å². The zero-order valence-corrected chi connectivity index (χ0v) is 11.2. The van der Waals surface area contributed by atoms with Crippen molar-refractivity contribution in [3.63, 3.8) is 0 Å². The molecule has 0 radical (unpaired) electrons. The fraction of sp³-hybridized carbons (Fsp3) is 0.750. The van der Waals surface area contributed by atoms with Gasteiger partial charge in [-0.1, -0.05) is 0 Å². The molecule has 0 bridgehead atoms. The number of amides is 1. The van der Waals surface area contributed by atoms with Crippen molar-refractivity contribution < 1.29 is 13.6 Å². The van der Waals surface area contributed by atoms with E-state index >= 15 is 0 Å². The Hall–Kier alpha value is -1.57. The van der Waals surface area contributed by atoms with Crippen molar-refractivity contribution in [1.82, 2.24) is 25.4 Å². The van der Waals surface area contributed by atoms with Crippen LogP contribution in [0.15, 0.2) is 0 Å². The van der Waals surface area contributed by atoms with Gasteiger partial charge in [0.25, 0.3) is 5.92 Å². The summed E-state index contributed by atoms with van der Waals surface area (Å²) in [5, 5.41) is 9.62. The van der Waals surface area contributed by atoms with Gasteiger partial charge < -0.3 is 5.32 Å². The van der Waals surface area contributed by atoms with Crippen LogP contribution in [0, 0.1) is 6.92 Å². The fourth-order valence-corrected chi connectivity index (χ4v) is 2.78. The maximum absolute atomic E-state index is 13.1. The Morgan fingerprint density at radius 1 is 1.55 bits per heavy atom. The minimum absolute atomic E-state index is 0.242. The third kappa shape index (κ3) is 2.52. The molecular weight excluding hydrogens is 268 g/mol. The lowest BCUT2D eigenvalue weighted by molar-refractivity contribution is -0.124. The number of fused-ring (bicyclic) bond motifs is 1. The van der Waals surface area contributed by atoms with Crippen molar-refractivity contribution in [1.29, 1.82) is 0 Å². The van der Waals surface area contributed by atoms with Crippen LogP contribution < -0.4 is 10.6 Å². The van der Waals surface area contributed by atoms with Crippen molar-refractivity contribution in [2.24, 2.45) is 0 Å². The first-order valence-corrected chi connectivity index (χ1v) is 6.77. The Labute approximate surface area is 114 Å². The molecule has 2 atom stereocenters. The predicted molar refractivity (Wildman–Crippen MR) is 66.2 cm³/mol. The molecule has 2 aliphatic rings. The summed E-state index contributed by atoms with van der Waals surface area (Å²) in [4.78, 5) is 16.4. The lowest BCUT2D eigenvalue weighted by Gasteiger charge is -2.24. The quantitative estimate of drug-likeness (QED) is 0.831. The molecular formula is C12H17F2N5O. The molecule has 0 aromatic carbocycles. The highest BCUT2D eigenvalue weighted by molar-refractivity contribution is 5.82. The molecule has 0 aliphatic carbocycles. The molecule has 1 fully saturated rings. The average Bonchev–Trinajstić information content (AvgIpc) is 2.91. The summed E-state index contributed by atoms with van der Waals surface area (Å²) >= 11 is 0. The molecule has 110 valence electrons. The van der Waals surface area contributed by atoms with E-state index in [-0.39, 0.29) is 11.9 Å². The maximum Gasteiger partial charge on any atom is 0.262 e. The lowest BCUT2D eigenvalue weighted by Crippen LogP contribution is -2.43. The number of nitrogens with zero attached hydrogens (tertiary/aromatic N) is 3. The number of nitrogens with one attached hydrogen (secondary N) is 2. The number of hydrogen-bond acceptors (Lipinski definition) is 4. The molecule has 0 spiro atoms. The van der Waals surface area contributed by atoms with Crippen molar-refractivity contribution in [3.8, 4) is 0 Å². The number of carbonyl (C=O) groups excluding carboxylic acids is 1. The summed E-state index contributed by atoms with van der Waals surface area (Å²) in [5.41, 5.74) is 0. The standard InChI is InChI=1S/C12H17F2N5O/c1-7-16-10-8(3-2-4-19(10)18-7)17-11(20)9-5-12(13,14)6-15-9/h8-9,15H,2-6H2,1H3,(H,17,20)/t8-,9-/m1/s1. The summed E-state index contributed by atoms with van der Waals surface area (Å²) in [5.74, 6) is -1.81. The first kappa shape index (κ1) is 13.4. The average molecular weight is 285 g/mol. The molecule has 1 aromatic rings. The van der Waals surface area contributed by atoms with E-state index in [2.05, 4.69) is 20.7 Å². The summed E-state index contributed by atoms with van der Waals surface area (Å²) in [6.45, 7) is 2.14. The third-order valence-electron chi connectivity index (χ3n) is 3.72. The molecule has 0 unspecified atom stereocenters. The molecule has 8 heteroatoms. The minimum Gasteiger partial charge on any atom is -0.345 e. The fourth-order valence-electron chi connectivity index (χ4n) is 2.78. The van der Waals surface area contributed by atoms with E-state index in [0.717, 1.165) is 19.4 Å². The molecule has 1 aromatic heterocycles. The smallest absolute Gasteiger partial charge is 0.262 e. The van der Waals surface area contributed by atoms with Gasteiger partial charge in [-0.2, -0.15) is 5.10 Å². The van der Waals surface area contributed by atoms with E-state index in [1.807, 2.05) is 0 Å². The van der Waals surface area contributed by atoms with Crippen LogP contribution in [0.3, 0.4) is 0 Å². The second kappa shape index (κ2) is 4.76. The zero-order valence-electron chi connectivity index (χ0n) is 11.2. The normalized spacial score (nSPS) is 28.1. The van der Waals surface area contributed by atoms with E-state index in [9.17, 15) is 13.6 Å². The first-order valence-electron chi connectivity index (χ1n) is 6.77. The van der Waals surface area contributed by atoms with Crippen LogP contribution in [0.25, 0.3) is 0 Å². The summed E-state index contributed by atoms with van der Waals surface area (Å²) in [7, 11) is 0. The van der Waals surface area contributed by atoms with Gasteiger partial charge in [0.2, 0.25) is 5.91 Å². The number of aryl methyl sites for hydroxylation is 2. The van der Waals surface area contributed by atoms with Gasteiger partial charge in [0.05, 0.1) is 18.6 Å². The van der Waals surface area contributed by atoms with E-state index in [1.165, 1.54) is 0 Å². The Balaban J connectivity index is 1.68. The highest BCUT2D eigenvalue weighted by atomic mass is 19.3. The monoisotopic (exact) mass is 285 g/mol. The zero-order chi connectivity index (χ0) is 14.3. The van der Waals surface area contributed by atoms with Crippen LogP contribution in [0.4, 0.5) is 8.78 Å². The van der Waals surface area contributed by atoms with Crippen molar-refractivity contribution in [2.45, 2.75) is 50.7 Å². The Morgan fingerprint density at radius 3 is 3.05 bits per heavy atom. The van der Waals surface area contributed by atoms with Crippen LogP contribution in [0.1, 0.15) is 37.0 Å². The Morgan fingerprint density at radius 2 is 2.35 bits per heavy atom. The lowest BCUT2D eigenvalue weighted by atomic mass is 10.1. The minimum atomic E-state index is -2.80. The van der Waals surface area contributed by atoms with Gasteiger partial charge in [-0.25, -0.2) is 18.4 Å². The second-order valence-corrected chi connectivity index (χ2v) is 5.44. The van der Waals surface area contributed by atoms with Gasteiger partial charge in [0.1, 0.15) is 11.6 Å². The molecule has 3 rings (SSSR count). The third-order valence-corrected chi connectivity index (χ3v) is 3.72. The van der Waals surface area contributed by atoms with Crippen LogP contribution >= 0.6 is 0 Å². The van der Waals surface area contributed by atoms with Crippen molar-refractivity contribution in [3.05, 3.63) is 11.6 Å². The van der Waals surface area contributed by atoms with E-state index in [4.69, 9.17) is 0 Å². The van der Waals surface area contributed by atoms with Crippen molar-refractivity contribution >= 4 is 5.91 Å². The van der Waals surface area contributed by atoms with Gasteiger partial charge >= 0.3 is 0 Å². The van der Waals surface area contributed by atoms with Gasteiger partial charge in [-0.15, -0.1) is 0 Å². The number of aromatic nitrogens is 3. The van der Waals surface area contributed by atoms with Gasteiger partial charge in [0, 0.05) is 13.0 Å². The number of rotatable bonds is 2. The predicted octanol–water partition coefficient (Wildman–Crippen LogP) is 0.535. The molecule has 3 heterocycles. The molecule has 6 nitrogen and oxygen atoms in total. The Bertz CT molecular complexity index is 530. The first-order chi connectivity index (χ1) is 9.44. The summed E-state index contributed by atoms with van der Waals surface area (Å²) in [6.07, 6.45) is 1.19. The second-order valence-electron chi connectivity index (χ2n) is 5.44. The molecule has 2 aliphatic heterocycles. The number of halogens is 2. The summed E-state index contributed by atoms with van der Waals surface area (Å²) < 4.78 is 28.0. The van der Waals surface area contributed by atoms with E-state index in [0.29, 0.717) is 11.6 Å². The topological polar surface area (TPSA) is 71.8 Å². The van der Waals surface area contributed by atoms with Gasteiger partial charge in [0.15, 0.2) is 0 Å². The van der Waals surface area contributed by atoms with E-state index in [1.54, 1.807) is 11.6 Å². The van der Waals surface area contributed by atoms with Gasteiger partial charge in [-0.3, -0.25) is 10.1 Å². The van der Waals surface area contributed by atoms with Crippen LogP contribution in [0.2, 0.25) is 0 Å². The number of carbonyl (C=O) groups is 1. The maximum atomic E-state index is 13.1. The highest BCUT2D eigenvalue weighted by Crippen LogP contribution is 2.27. The summed E-state index contributed by atoms with van der Waals surface area (Å²) in [6, 6.07) is -1.07. The molecule has 2 N–H and O–H groups in total. The SMILES string of the molecule is Cc1nc2n(n1)CCC[C@H]2NC(=O)[C@H]1CC(F)(F)CN1. The highest BCUT2D eigenvalue weighted by Gasteiger charge is 2.43. The van der Waals surface area contributed by atoms with Crippen LogP contribution in [0.5, 0.6) is 0 Å². The molecule has 0 saturated carbocycles. The Kier molecular flexibility index (Phi) is 3.19. The molecule has 1 amide bonds. The van der Waals surface area contributed by atoms with Crippen LogP contribution in [-0.2, 0) is 11.3 Å². The largest absolute Gasteiger partial charge is 0.345 e. The number of alkyl halides is 2. The van der Waals surface area contributed by atoms with Crippen LogP contribution in [-0.4, -0.2) is 39.2 Å². The molecule has 1 saturated heterocycles. The van der Waals surface area contributed by atoms with Crippen molar-refractivity contribution in [2.75, 3.05) is 6.54 Å². The van der Waals surface area contributed by atoms with E-state index < -0.39 is 24.9 Å².